The number of carbonyl (C=O) groups is 2. The van der Waals surface area contributed by atoms with E-state index < -0.39 is 28.5 Å². The average Bonchev–Trinajstić information content (AvgIpc) is 3.23. The number of aryl methyl sites for hydroxylation is 1. The molecule has 0 aliphatic carbocycles. The molecule has 2 N–H and O–H groups in total. The summed E-state index contributed by atoms with van der Waals surface area (Å²) >= 11 is 0. The lowest BCUT2D eigenvalue weighted by Gasteiger charge is -2.14. The van der Waals surface area contributed by atoms with Crippen molar-refractivity contribution in [3.63, 3.8) is 0 Å². The Balaban J connectivity index is 1.54. The standard InChI is InChI=1S/C25H30N4O5S/c1-18-10-12-20(13-11-18)35(32,33)26-15-14-24(31)34-17-23(30)27-22-16-21(25(2,3)4)28-29(22)19-8-6-5-7-9-19/h5-13,16,26H,14-15,17H2,1-4H3,(H,27,30). The fourth-order valence-corrected chi connectivity index (χ4v) is 4.12. The minimum absolute atomic E-state index is 0.112. The summed E-state index contributed by atoms with van der Waals surface area (Å²) in [6.45, 7) is 7.26. The van der Waals surface area contributed by atoms with Gasteiger partial charge in [0, 0.05) is 18.0 Å². The normalized spacial score (nSPS) is 11.8. The second-order valence-electron chi connectivity index (χ2n) is 9.08. The molecule has 10 heteroatoms. The number of nitrogens with zero attached hydrogens (tertiary/aromatic N) is 2. The lowest BCUT2D eigenvalue weighted by molar-refractivity contribution is -0.147. The van der Waals surface area contributed by atoms with Crippen LogP contribution >= 0.6 is 0 Å². The van der Waals surface area contributed by atoms with Crippen molar-refractivity contribution in [2.45, 2.75) is 44.4 Å². The summed E-state index contributed by atoms with van der Waals surface area (Å²) in [6.07, 6.45) is -0.214. The number of esters is 1. The van der Waals surface area contributed by atoms with Crippen molar-refractivity contribution in [2.24, 2.45) is 0 Å². The highest BCUT2D eigenvalue weighted by molar-refractivity contribution is 7.89. The molecular weight excluding hydrogens is 468 g/mol. The molecule has 0 aliphatic heterocycles. The smallest absolute Gasteiger partial charge is 0.307 e. The zero-order chi connectivity index (χ0) is 25.6. The quantitative estimate of drug-likeness (QED) is 0.437. The van der Waals surface area contributed by atoms with Gasteiger partial charge in [-0.15, -0.1) is 0 Å². The van der Waals surface area contributed by atoms with Crippen molar-refractivity contribution in [1.82, 2.24) is 14.5 Å². The number of anilines is 1. The summed E-state index contributed by atoms with van der Waals surface area (Å²) in [4.78, 5) is 24.6. The van der Waals surface area contributed by atoms with Crippen LogP contribution in [0.4, 0.5) is 5.82 Å². The van der Waals surface area contributed by atoms with Crippen LogP contribution in [0.1, 0.15) is 38.4 Å². The molecule has 0 saturated carbocycles. The number of para-hydroxylation sites is 1. The molecule has 1 amide bonds. The second kappa shape index (κ2) is 10.8. The van der Waals surface area contributed by atoms with Gasteiger partial charge >= 0.3 is 5.97 Å². The molecule has 2 aromatic carbocycles. The highest BCUT2D eigenvalue weighted by Crippen LogP contribution is 2.26. The van der Waals surface area contributed by atoms with Gasteiger partial charge in [-0.25, -0.2) is 17.8 Å². The zero-order valence-electron chi connectivity index (χ0n) is 20.2. The summed E-state index contributed by atoms with van der Waals surface area (Å²) in [5, 5.41) is 7.36. The summed E-state index contributed by atoms with van der Waals surface area (Å²) in [7, 11) is -3.73. The topological polar surface area (TPSA) is 119 Å². The molecule has 0 bridgehead atoms. The van der Waals surface area contributed by atoms with Crippen molar-refractivity contribution in [2.75, 3.05) is 18.5 Å². The molecule has 1 heterocycles. The number of benzene rings is 2. The number of aromatic nitrogens is 2. The third-order valence-electron chi connectivity index (χ3n) is 5.06. The molecule has 186 valence electrons. The molecule has 9 nitrogen and oxygen atoms in total. The van der Waals surface area contributed by atoms with E-state index in [0.29, 0.717) is 5.82 Å². The number of rotatable bonds is 9. The van der Waals surface area contributed by atoms with Gasteiger partial charge in [-0.1, -0.05) is 56.7 Å². The maximum absolute atomic E-state index is 12.5. The monoisotopic (exact) mass is 498 g/mol. The van der Waals surface area contributed by atoms with Crippen molar-refractivity contribution in [3.05, 3.63) is 71.9 Å². The maximum atomic E-state index is 12.5. The van der Waals surface area contributed by atoms with Crippen LogP contribution in [0.3, 0.4) is 0 Å². The van der Waals surface area contributed by atoms with E-state index in [1.165, 1.54) is 12.1 Å². The first-order valence-electron chi connectivity index (χ1n) is 11.1. The zero-order valence-corrected chi connectivity index (χ0v) is 21.1. The largest absolute Gasteiger partial charge is 0.456 e. The molecule has 0 unspecified atom stereocenters. The number of hydrogen-bond acceptors (Lipinski definition) is 6. The van der Waals surface area contributed by atoms with Crippen LogP contribution in [0, 0.1) is 6.92 Å². The van der Waals surface area contributed by atoms with Gasteiger partial charge in [0.2, 0.25) is 10.0 Å². The number of nitrogens with one attached hydrogen (secondary N) is 2. The number of hydrogen-bond donors (Lipinski definition) is 2. The van der Waals surface area contributed by atoms with E-state index in [-0.39, 0.29) is 23.3 Å². The molecule has 0 saturated heterocycles. The number of amides is 1. The van der Waals surface area contributed by atoms with E-state index in [1.54, 1.807) is 22.9 Å². The first kappa shape index (κ1) is 26.1. The predicted octanol–water partition coefficient (Wildman–Crippen LogP) is 3.33. The van der Waals surface area contributed by atoms with E-state index in [1.807, 2.05) is 58.0 Å². The third-order valence-corrected chi connectivity index (χ3v) is 6.54. The lowest BCUT2D eigenvalue weighted by Crippen LogP contribution is -2.28. The Hall–Kier alpha value is -3.50. The Kier molecular flexibility index (Phi) is 8.08. The minimum atomic E-state index is -3.73. The molecule has 3 rings (SSSR count). The molecule has 35 heavy (non-hydrogen) atoms. The van der Waals surface area contributed by atoms with Gasteiger partial charge in [0.05, 0.1) is 22.7 Å². The molecule has 1 aromatic heterocycles. The van der Waals surface area contributed by atoms with Crippen LogP contribution in [-0.4, -0.2) is 43.2 Å². The van der Waals surface area contributed by atoms with Gasteiger partial charge in [-0.05, 0) is 31.2 Å². The van der Waals surface area contributed by atoms with Gasteiger partial charge in [0.25, 0.3) is 5.91 Å². The molecular formula is C25H30N4O5S. The Bertz CT molecular complexity index is 1280. The molecule has 0 radical (unpaired) electrons. The predicted molar refractivity (Wildman–Crippen MR) is 133 cm³/mol. The first-order chi connectivity index (χ1) is 16.5. The molecule has 0 fully saturated rings. The lowest BCUT2D eigenvalue weighted by atomic mass is 9.92. The SMILES string of the molecule is Cc1ccc(S(=O)(=O)NCCC(=O)OCC(=O)Nc2cc(C(C)(C)C)nn2-c2ccccc2)cc1. The van der Waals surface area contributed by atoms with Gasteiger partial charge in [0.1, 0.15) is 5.82 Å². The Labute approximate surface area is 205 Å². The van der Waals surface area contributed by atoms with Gasteiger partial charge < -0.3 is 10.1 Å². The molecule has 0 spiro atoms. The summed E-state index contributed by atoms with van der Waals surface area (Å²) in [5.74, 6) is -0.775. The number of sulfonamides is 1. The summed E-state index contributed by atoms with van der Waals surface area (Å²) in [6, 6.07) is 17.5. The van der Waals surface area contributed by atoms with Crippen LogP contribution < -0.4 is 10.0 Å². The van der Waals surface area contributed by atoms with Gasteiger partial charge in [-0.2, -0.15) is 5.10 Å². The van der Waals surface area contributed by atoms with Crippen LogP contribution in [0.25, 0.3) is 5.69 Å². The average molecular weight is 499 g/mol. The highest BCUT2D eigenvalue weighted by Gasteiger charge is 2.22. The highest BCUT2D eigenvalue weighted by atomic mass is 32.2. The summed E-state index contributed by atoms with van der Waals surface area (Å²) in [5.41, 5.74) is 2.26. The first-order valence-corrected chi connectivity index (χ1v) is 12.6. The maximum Gasteiger partial charge on any atom is 0.307 e. The van der Waals surface area contributed by atoms with E-state index in [4.69, 9.17) is 4.74 Å². The Morgan fingerprint density at radius 3 is 2.31 bits per heavy atom. The Morgan fingerprint density at radius 2 is 1.69 bits per heavy atom. The third kappa shape index (κ3) is 7.24. The van der Waals surface area contributed by atoms with E-state index in [0.717, 1.165) is 16.9 Å². The van der Waals surface area contributed by atoms with Crippen LogP contribution in [0.2, 0.25) is 0 Å². The molecule has 3 aromatic rings. The van der Waals surface area contributed by atoms with Crippen LogP contribution in [0.15, 0.2) is 65.6 Å². The minimum Gasteiger partial charge on any atom is -0.456 e. The number of ether oxygens (including phenoxy) is 1. The second-order valence-corrected chi connectivity index (χ2v) is 10.8. The molecule has 0 atom stereocenters. The van der Waals surface area contributed by atoms with E-state index in [2.05, 4.69) is 15.1 Å². The van der Waals surface area contributed by atoms with Crippen molar-refractivity contribution >= 4 is 27.7 Å². The van der Waals surface area contributed by atoms with Crippen LogP contribution in [-0.2, 0) is 29.8 Å². The molecule has 0 aliphatic rings. The van der Waals surface area contributed by atoms with Crippen molar-refractivity contribution in [1.29, 1.82) is 0 Å². The Morgan fingerprint density at radius 1 is 1.03 bits per heavy atom. The van der Waals surface area contributed by atoms with Crippen LogP contribution in [0.5, 0.6) is 0 Å². The van der Waals surface area contributed by atoms with Gasteiger partial charge in [-0.3, -0.25) is 9.59 Å². The van der Waals surface area contributed by atoms with Gasteiger partial charge in [0.15, 0.2) is 6.61 Å². The fraction of sp³-hybridized carbons (Fsp3) is 0.320. The van der Waals surface area contributed by atoms with E-state index in [9.17, 15) is 18.0 Å². The fourth-order valence-electron chi connectivity index (χ4n) is 3.09. The van der Waals surface area contributed by atoms with E-state index >= 15 is 0 Å². The van der Waals surface area contributed by atoms with Crippen molar-refractivity contribution in [3.8, 4) is 5.69 Å². The van der Waals surface area contributed by atoms with Crippen molar-refractivity contribution < 1.29 is 22.7 Å². The number of carbonyl (C=O) groups excluding carboxylic acids is 2. The summed E-state index contributed by atoms with van der Waals surface area (Å²) < 4.78 is 33.6.